The van der Waals surface area contributed by atoms with Gasteiger partial charge < -0.3 is 9.84 Å². The largest absolute Gasteiger partial charge is 0.481 e. The normalized spacial score (nSPS) is 10.5. The van der Waals surface area contributed by atoms with E-state index in [0.29, 0.717) is 6.42 Å². The molecule has 0 aliphatic rings. The zero-order chi connectivity index (χ0) is 16.5. The van der Waals surface area contributed by atoms with Crippen LogP contribution in [0.25, 0.3) is 0 Å². The third-order valence-electron chi connectivity index (χ3n) is 3.43. The van der Waals surface area contributed by atoms with Crippen molar-refractivity contribution in [3.63, 3.8) is 0 Å². The van der Waals surface area contributed by atoms with E-state index in [0.717, 1.165) is 11.1 Å². The molecule has 2 aromatic heterocycles. The van der Waals surface area contributed by atoms with Gasteiger partial charge in [0.05, 0.1) is 19.4 Å². The van der Waals surface area contributed by atoms with Crippen LogP contribution in [0, 0.1) is 0 Å². The Labute approximate surface area is 134 Å². The lowest BCUT2D eigenvalue weighted by Crippen LogP contribution is -2.11. The summed E-state index contributed by atoms with van der Waals surface area (Å²) in [4.78, 5) is 30.0. The molecule has 0 radical (unpaired) electrons. The Hall–Kier alpha value is -2.76. The standard InChI is InChI=1S/C17H18N2O4/c20-16(21)1-2-17(22)23-12-7-15(13-3-8-18-9-4-13)14-5-10-19-11-6-14/h3-6,8-11,15H,1-2,7,12H2,(H,20,21). The fourth-order valence-electron chi connectivity index (χ4n) is 2.29. The summed E-state index contributed by atoms with van der Waals surface area (Å²) in [7, 11) is 0. The predicted octanol–water partition coefficient (Wildman–Crippen LogP) is 2.41. The van der Waals surface area contributed by atoms with Gasteiger partial charge in [-0.3, -0.25) is 19.6 Å². The van der Waals surface area contributed by atoms with Crippen LogP contribution in [-0.4, -0.2) is 33.6 Å². The number of esters is 1. The molecule has 0 aromatic carbocycles. The second-order valence-electron chi connectivity index (χ2n) is 5.02. The van der Waals surface area contributed by atoms with E-state index in [4.69, 9.17) is 9.84 Å². The highest BCUT2D eigenvalue weighted by molar-refractivity contribution is 5.76. The predicted molar refractivity (Wildman–Crippen MR) is 82.8 cm³/mol. The summed E-state index contributed by atoms with van der Waals surface area (Å²) in [5, 5.41) is 8.55. The molecular weight excluding hydrogens is 296 g/mol. The maximum Gasteiger partial charge on any atom is 0.306 e. The maximum atomic E-state index is 11.5. The van der Waals surface area contributed by atoms with Gasteiger partial charge >= 0.3 is 11.9 Å². The number of carbonyl (C=O) groups excluding carboxylic acids is 1. The fraction of sp³-hybridized carbons (Fsp3) is 0.294. The molecule has 2 heterocycles. The molecular formula is C17H18N2O4. The second-order valence-corrected chi connectivity index (χ2v) is 5.02. The number of hydrogen-bond acceptors (Lipinski definition) is 5. The van der Waals surface area contributed by atoms with Crippen molar-refractivity contribution in [2.45, 2.75) is 25.2 Å². The van der Waals surface area contributed by atoms with Crippen LogP contribution >= 0.6 is 0 Å². The van der Waals surface area contributed by atoms with Crippen LogP contribution in [0.3, 0.4) is 0 Å². The average Bonchev–Trinajstić information content (AvgIpc) is 2.58. The SMILES string of the molecule is O=C(O)CCC(=O)OCCC(c1ccncc1)c1ccncc1. The Morgan fingerprint density at radius 3 is 1.96 bits per heavy atom. The van der Waals surface area contributed by atoms with Crippen LogP contribution in [0.4, 0.5) is 0 Å². The second kappa shape index (κ2) is 8.63. The summed E-state index contributed by atoms with van der Waals surface area (Å²) < 4.78 is 5.13. The molecule has 6 heteroatoms. The fourth-order valence-corrected chi connectivity index (χ4v) is 2.29. The molecule has 0 saturated carbocycles. The zero-order valence-electron chi connectivity index (χ0n) is 12.6. The molecule has 0 unspecified atom stereocenters. The van der Waals surface area contributed by atoms with Crippen molar-refractivity contribution in [3.05, 3.63) is 60.2 Å². The van der Waals surface area contributed by atoms with Gasteiger partial charge in [-0.2, -0.15) is 0 Å². The number of carboxylic acids is 1. The van der Waals surface area contributed by atoms with Gasteiger partial charge in [0.1, 0.15) is 0 Å². The molecule has 0 bridgehead atoms. The van der Waals surface area contributed by atoms with E-state index in [-0.39, 0.29) is 25.4 Å². The Morgan fingerprint density at radius 1 is 0.957 bits per heavy atom. The highest BCUT2D eigenvalue weighted by atomic mass is 16.5. The monoisotopic (exact) mass is 314 g/mol. The molecule has 0 fully saturated rings. The summed E-state index contributed by atoms with van der Waals surface area (Å²) in [6.07, 6.45) is 7.18. The van der Waals surface area contributed by atoms with Crippen molar-refractivity contribution in [2.75, 3.05) is 6.61 Å². The Morgan fingerprint density at radius 2 is 1.48 bits per heavy atom. The van der Waals surface area contributed by atoms with E-state index in [1.54, 1.807) is 24.8 Å². The highest BCUT2D eigenvalue weighted by Crippen LogP contribution is 2.27. The van der Waals surface area contributed by atoms with Crippen LogP contribution in [0.15, 0.2) is 49.1 Å². The van der Waals surface area contributed by atoms with Crippen molar-refractivity contribution in [1.29, 1.82) is 0 Å². The van der Waals surface area contributed by atoms with Gasteiger partial charge in [0.2, 0.25) is 0 Å². The molecule has 0 atom stereocenters. The average molecular weight is 314 g/mol. The Balaban J connectivity index is 1.97. The number of hydrogen-bond donors (Lipinski definition) is 1. The number of ether oxygens (including phenoxy) is 1. The van der Waals surface area contributed by atoms with Crippen LogP contribution in [0.2, 0.25) is 0 Å². The number of aromatic nitrogens is 2. The van der Waals surface area contributed by atoms with Gasteiger partial charge in [-0.15, -0.1) is 0 Å². The first-order valence-electron chi connectivity index (χ1n) is 7.34. The van der Waals surface area contributed by atoms with Gasteiger partial charge in [0.25, 0.3) is 0 Å². The quantitative estimate of drug-likeness (QED) is 0.753. The molecule has 0 amide bonds. The molecule has 0 spiro atoms. The van der Waals surface area contributed by atoms with E-state index < -0.39 is 11.9 Å². The van der Waals surface area contributed by atoms with Crippen LogP contribution in [-0.2, 0) is 14.3 Å². The lowest BCUT2D eigenvalue weighted by Gasteiger charge is -2.17. The molecule has 120 valence electrons. The summed E-state index contributed by atoms with van der Waals surface area (Å²) in [5.74, 6) is -1.43. The molecule has 0 saturated heterocycles. The Kier molecular flexibility index (Phi) is 6.23. The van der Waals surface area contributed by atoms with E-state index in [2.05, 4.69) is 9.97 Å². The lowest BCUT2D eigenvalue weighted by atomic mass is 9.90. The smallest absolute Gasteiger partial charge is 0.306 e. The highest BCUT2D eigenvalue weighted by Gasteiger charge is 2.15. The minimum Gasteiger partial charge on any atom is -0.481 e. The summed E-state index contributed by atoms with van der Waals surface area (Å²) in [6.45, 7) is 0.230. The molecule has 2 aromatic rings. The van der Waals surface area contributed by atoms with Gasteiger partial charge in [0, 0.05) is 30.7 Å². The number of aliphatic carboxylic acids is 1. The van der Waals surface area contributed by atoms with Crippen LogP contribution in [0.1, 0.15) is 36.3 Å². The van der Waals surface area contributed by atoms with Crippen LogP contribution in [0.5, 0.6) is 0 Å². The Bertz CT molecular complexity index is 592. The minimum absolute atomic E-state index is 0.0632. The number of carboxylic acid groups (broad SMARTS) is 1. The van der Waals surface area contributed by atoms with Gasteiger partial charge in [0.15, 0.2) is 0 Å². The van der Waals surface area contributed by atoms with E-state index in [1.165, 1.54) is 0 Å². The first kappa shape index (κ1) is 16.6. The minimum atomic E-state index is -1.01. The van der Waals surface area contributed by atoms with Crippen molar-refractivity contribution in [3.8, 4) is 0 Å². The number of rotatable bonds is 8. The van der Waals surface area contributed by atoms with E-state index in [1.807, 2.05) is 24.3 Å². The third-order valence-corrected chi connectivity index (χ3v) is 3.43. The molecule has 6 nitrogen and oxygen atoms in total. The topological polar surface area (TPSA) is 89.4 Å². The first-order chi connectivity index (χ1) is 11.2. The van der Waals surface area contributed by atoms with E-state index in [9.17, 15) is 9.59 Å². The van der Waals surface area contributed by atoms with E-state index >= 15 is 0 Å². The summed E-state index contributed by atoms with van der Waals surface area (Å²) in [5.41, 5.74) is 2.15. The molecule has 23 heavy (non-hydrogen) atoms. The molecule has 0 aliphatic heterocycles. The van der Waals surface area contributed by atoms with Gasteiger partial charge in [-0.05, 0) is 41.8 Å². The number of pyridine rings is 2. The van der Waals surface area contributed by atoms with Gasteiger partial charge in [-0.25, -0.2) is 0 Å². The zero-order valence-corrected chi connectivity index (χ0v) is 12.6. The maximum absolute atomic E-state index is 11.5. The summed E-state index contributed by atoms with van der Waals surface area (Å²) in [6, 6.07) is 7.71. The third kappa shape index (κ3) is 5.50. The lowest BCUT2D eigenvalue weighted by molar-refractivity contribution is -0.147. The van der Waals surface area contributed by atoms with Crippen LogP contribution < -0.4 is 0 Å². The van der Waals surface area contributed by atoms with Crippen molar-refractivity contribution in [2.24, 2.45) is 0 Å². The molecule has 0 aliphatic carbocycles. The van der Waals surface area contributed by atoms with Gasteiger partial charge in [-0.1, -0.05) is 0 Å². The summed E-state index contributed by atoms with van der Waals surface area (Å²) >= 11 is 0. The number of carbonyl (C=O) groups is 2. The first-order valence-corrected chi connectivity index (χ1v) is 7.34. The van der Waals surface area contributed by atoms with Crippen molar-refractivity contribution < 1.29 is 19.4 Å². The number of nitrogens with zero attached hydrogens (tertiary/aromatic N) is 2. The molecule has 2 rings (SSSR count). The van der Waals surface area contributed by atoms with Crippen molar-refractivity contribution >= 4 is 11.9 Å². The molecule has 1 N–H and O–H groups in total. The van der Waals surface area contributed by atoms with Crippen molar-refractivity contribution in [1.82, 2.24) is 9.97 Å².